The van der Waals surface area contributed by atoms with Crippen molar-refractivity contribution in [2.24, 2.45) is 5.73 Å². The molecule has 2 aromatic rings. The van der Waals surface area contributed by atoms with Crippen LogP contribution >= 0.6 is 0 Å². The summed E-state index contributed by atoms with van der Waals surface area (Å²) >= 11 is 0. The SMILES string of the molecule is N[C@H](O)[C@@H](O)CC(=O)CCNC(=O)OCC1c2ccccc2-c2ccccc21. The van der Waals surface area contributed by atoms with E-state index < -0.39 is 18.4 Å². The van der Waals surface area contributed by atoms with E-state index in [1.54, 1.807) is 0 Å². The minimum absolute atomic E-state index is 0.0218. The monoisotopic (exact) mass is 384 g/mol. The molecule has 0 spiro atoms. The molecule has 2 atom stereocenters. The maximum absolute atomic E-state index is 12.0. The molecular weight excluding hydrogens is 360 g/mol. The fourth-order valence-electron chi connectivity index (χ4n) is 3.41. The molecule has 1 amide bonds. The molecule has 7 heteroatoms. The van der Waals surface area contributed by atoms with Crippen molar-refractivity contribution in [1.29, 1.82) is 0 Å². The maximum Gasteiger partial charge on any atom is 0.407 e. The van der Waals surface area contributed by atoms with E-state index in [0.717, 1.165) is 22.3 Å². The molecule has 148 valence electrons. The third-order valence-electron chi connectivity index (χ3n) is 4.85. The predicted octanol–water partition coefficient (Wildman–Crippen LogP) is 1.51. The number of ketones is 1. The molecular formula is C21H24N2O5. The first-order valence-electron chi connectivity index (χ1n) is 9.19. The van der Waals surface area contributed by atoms with Crippen molar-refractivity contribution in [2.75, 3.05) is 13.2 Å². The van der Waals surface area contributed by atoms with Gasteiger partial charge in [0.15, 0.2) is 0 Å². The fourth-order valence-corrected chi connectivity index (χ4v) is 3.41. The lowest BCUT2D eigenvalue weighted by molar-refractivity contribution is -0.122. The minimum atomic E-state index is -1.46. The Hall–Kier alpha value is -2.74. The Labute approximate surface area is 163 Å². The lowest BCUT2D eigenvalue weighted by Gasteiger charge is -2.15. The van der Waals surface area contributed by atoms with E-state index in [1.807, 2.05) is 36.4 Å². The Balaban J connectivity index is 1.50. The standard InChI is InChI=1S/C21H24N2O5/c22-20(26)19(25)11-13(24)9-10-23-21(27)28-12-18-16-7-3-1-5-14(16)15-6-2-4-8-17(15)18/h1-8,18-20,25-26H,9-12,22H2,(H,23,27)/t19-,20+/m0/s1. The van der Waals surface area contributed by atoms with Gasteiger partial charge in [0.2, 0.25) is 0 Å². The van der Waals surface area contributed by atoms with Crippen LogP contribution in [0.4, 0.5) is 4.79 Å². The molecule has 1 aliphatic carbocycles. The zero-order valence-electron chi connectivity index (χ0n) is 15.4. The number of fused-ring (bicyclic) bond motifs is 3. The van der Waals surface area contributed by atoms with Gasteiger partial charge in [0.1, 0.15) is 18.6 Å². The van der Waals surface area contributed by atoms with Crippen molar-refractivity contribution in [3.05, 3.63) is 59.7 Å². The number of nitrogens with one attached hydrogen (secondary N) is 1. The number of amides is 1. The second-order valence-corrected chi connectivity index (χ2v) is 6.80. The molecule has 0 heterocycles. The molecule has 0 fully saturated rings. The molecule has 0 saturated heterocycles. The van der Waals surface area contributed by atoms with Crippen LogP contribution in [0.25, 0.3) is 11.1 Å². The third kappa shape index (κ3) is 4.56. The van der Waals surface area contributed by atoms with Gasteiger partial charge >= 0.3 is 6.09 Å². The van der Waals surface area contributed by atoms with E-state index in [2.05, 4.69) is 17.4 Å². The number of rotatable bonds is 8. The van der Waals surface area contributed by atoms with Crippen LogP contribution in [0.1, 0.15) is 29.9 Å². The number of benzene rings is 2. The van der Waals surface area contributed by atoms with Crippen molar-refractivity contribution in [3.63, 3.8) is 0 Å². The zero-order chi connectivity index (χ0) is 20.1. The highest BCUT2D eigenvalue weighted by Gasteiger charge is 2.29. The molecule has 1 aliphatic rings. The summed E-state index contributed by atoms with van der Waals surface area (Å²) < 4.78 is 5.37. The second kappa shape index (κ2) is 8.97. The number of carbonyl (C=O) groups is 2. The van der Waals surface area contributed by atoms with Gasteiger partial charge in [-0.1, -0.05) is 48.5 Å². The van der Waals surface area contributed by atoms with Gasteiger partial charge in [0.05, 0.1) is 6.10 Å². The van der Waals surface area contributed by atoms with Crippen molar-refractivity contribution in [2.45, 2.75) is 31.1 Å². The van der Waals surface area contributed by atoms with E-state index in [9.17, 15) is 14.7 Å². The summed E-state index contributed by atoms with van der Waals surface area (Å²) in [5.41, 5.74) is 9.65. The summed E-state index contributed by atoms with van der Waals surface area (Å²) in [7, 11) is 0. The molecule has 0 aromatic heterocycles. The van der Waals surface area contributed by atoms with Crippen LogP contribution in [-0.4, -0.2) is 47.6 Å². The fraction of sp³-hybridized carbons (Fsp3) is 0.333. The normalized spacial score (nSPS) is 14.7. The number of aliphatic hydroxyl groups excluding tert-OH is 2. The number of ether oxygens (including phenoxy) is 1. The first-order chi connectivity index (χ1) is 13.5. The summed E-state index contributed by atoms with van der Waals surface area (Å²) in [6.45, 7) is 0.286. The van der Waals surface area contributed by atoms with Crippen LogP contribution < -0.4 is 11.1 Å². The average Bonchev–Trinajstić information content (AvgIpc) is 3.00. The quantitative estimate of drug-likeness (QED) is 0.512. The molecule has 0 radical (unpaired) electrons. The van der Waals surface area contributed by atoms with Crippen molar-refractivity contribution in [1.82, 2.24) is 5.32 Å². The Morgan fingerprint density at radius 3 is 2.18 bits per heavy atom. The van der Waals surface area contributed by atoms with E-state index in [0.29, 0.717) is 0 Å². The molecule has 5 N–H and O–H groups in total. The largest absolute Gasteiger partial charge is 0.449 e. The van der Waals surface area contributed by atoms with Crippen molar-refractivity contribution < 1.29 is 24.5 Å². The topological polar surface area (TPSA) is 122 Å². The Kier molecular flexibility index (Phi) is 6.41. The predicted molar refractivity (Wildman–Crippen MR) is 104 cm³/mol. The number of hydrogen-bond acceptors (Lipinski definition) is 6. The summed E-state index contributed by atoms with van der Waals surface area (Å²) in [6.07, 6.45) is -3.60. The van der Waals surface area contributed by atoms with Gasteiger partial charge < -0.3 is 26.0 Å². The third-order valence-corrected chi connectivity index (χ3v) is 4.85. The van der Waals surface area contributed by atoms with Gasteiger partial charge in [-0.25, -0.2) is 4.79 Å². The molecule has 0 unspecified atom stereocenters. The van der Waals surface area contributed by atoms with Crippen LogP contribution in [0.2, 0.25) is 0 Å². The van der Waals surface area contributed by atoms with E-state index in [-0.39, 0.29) is 37.7 Å². The van der Waals surface area contributed by atoms with E-state index in [4.69, 9.17) is 15.6 Å². The van der Waals surface area contributed by atoms with E-state index >= 15 is 0 Å². The number of hydrogen-bond donors (Lipinski definition) is 4. The highest BCUT2D eigenvalue weighted by Crippen LogP contribution is 2.44. The molecule has 28 heavy (non-hydrogen) atoms. The first kappa shape index (κ1) is 20.0. The van der Waals surface area contributed by atoms with Gasteiger partial charge in [-0.15, -0.1) is 0 Å². The smallest absolute Gasteiger partial charge is 0.407 e. The van der Waals surface area contributed by atoms with Crippen LogP contribution in [-0.2, 0) is 9.53 Å². The highest BCUT2D eigenvalue weighted by molar-refractivity contribution is 5.80. The van der Waals surface area contributed by atoms with Crippen molar-refractivity contribution >= 4 is 11.9 Å². The zero-order valence-corrected chi connectivity index (χ0v) is 15.4. The van der Waals surface area contributed by atoms with Crippen LogP contribution in [0, 0.1) is 0 Å². The summed E-state index contributed by atoms with van der Waals surface area (Å²) in [6, 6.07) is 16.1. The molecule has 2 aromatic carbocycles. The number of aliphatic hydroxyl groups is 2. The lowest BCUT2D eigenvalue weighted by atomic mass is 9.98. The summed E-state index contributed by atoms with van der Waals surface area (Å²) in [4.78, 5) is 23.6. The van der Waals surface area contributed by atoms with Gasteiger partial charge in [0, 0.05) is 25.3 Å². The number of nitrogens with two attached hydrogens (primary N) is 1. The van der Waals surface area contributed by atoms with Gasteiger partial charge in [-0.2, -0.15) is 0 Å². The molecule has 3 rings (SSSR count). The first-order valence-corrected chi connectivity index (χ1v) is 9.19. The summed E-state index contributed by atoms with van der Waals surface area (Å²) in [5.74, 6) is -0.336. The number of Topliss-reactive ketones (excluding diaryl/α,β-unsaturated/α-hetero) is 1. The van der Waals surface area contributed by atoms with Crippen LogP contribution in [0.5, 0.6) is 0 Å². The minimum Gasteiger partial charge on any atom is -0.449 e. The highest BCUT2D eigenvalue weighted by atomic mass is 16.5. The number of alkyl carbamates (subject to hydrolysis) is 1. The maximum atomic E-state index is 12.0. The Bertz CT molecular complexity index is 807. The van der Waals surface area contributed by atoms with Gasteiger partial charge in [-0.05, 0) is 22.3 Å². The van der Waals surface area contributed by atoms with Crippen molar-refractivity contribution in [3.8, 4) is 11.1 Å². The Morgan fingerprint density at radius 2 is 1.61 bits per heavy atom. The molecule has 0 aliphatic heterocycles. The molecule has 7 nitrogen and oxygen atoms in total. The lowest BCUT2D eigenvalue weighted by Crippen LogP contribution is -2.36. The molecule has 0 bridgehead atoms. The van der Waals surface area contributed by atoms with Gasteiger partial charge in [0.25, 0.3) is 0 Å². The second-order valence-electron chi connectivity index (χ2n) is 6.80. The average molecular weight is 384 g/mol. The van der Waals surface area contributed by atoms with E-state index in [1.165, 1.54) is 0 Å². The van der Waals surface area contributed by atoms with Crippen LogP contribution in [0.3, 0.4) is 0 Å². The number of carbonyl (C=O) groups excluding carboxylic acids is 2. The molecule has 0 saturated carbocycles. The van der Waals surface area contributed by atoms with Crippen LogP contribution in [0.15, 0.2) is 48.5 Å². The van der Waals surface area contributed by atoms with Gasteiger partial charge in [-0.3, -0.25) is 4.79 Å². The Morgan fingerprint density at radius 1 is 1.04 bits per heavy atom. The summed E-state index contributed by atoms with van der Waals surface area (Å²) in [5, 5.41) is 20.9.